The van der Waals surface area contributed by atoms with Crippen LogP contribution in [0.1, 0.15) is 40.4 Å². The van der Waals surface area contributed by atoms with Gasteiger partial charge >= 0.3 is 5.97 Å². The van der Waals surface area contributed by atoms with Gasteiger partial charge in [0.25, 0.3) is 0 Å². The summed E-state index contributed by atoms with van der Waals surface area (Å²) in [5.41, 5.74) is 6.32. The van der Waals surface area contributed by atoms with Crippen molar-refractivity contribution in [2.45, 2.75) is 39.3 Å². The zero-order valence-corrected chi connectivity index (χ0v) is 17.4. The molecule has 1 aromatic heterocycles. The number of aromatic nitrogens is 1. The highest BCUT2D eigenvalue weighted by atomic mass is 16.5. The minimum absolute atomic E-state index is 0.0713. The van der Waals surface area contributed by atoms with Gasteiger partial charge in [0.15, 0.2) is 11.5 Å². The largest absolute Gasteiger partial charge is 0.493 e. The summed E-state index contributed by atoms with van der Waals surface area (Å²) >= 11 is 0. The topological polar surface area (TPSA) is 78.8 Å². The van der Waals surface area contributed by atoms with Crippen LogP contribution in [0.4, 0.5) is 0 Å². The van der Waals surface area contributed by atoms with Crippen molar-refractivity contribution in [3.05, 3.63) is 34.4 Å². The molecule has 1 N–H and O–H groups in total. The molecule has 7 nitrogen and oxygen atoms in total. The molecule has 0 amide bonds. The first-order valence-electron chi connectivity index (χ1n) is 10.2. The van der Waals surface area contributed by atoms with Gasteiger partial charge in [-0.3, -0.25) is 14.2 Å². The number of aryl methyl sites for hydroxylation is 1. The van der Waals surface area contributed by atoms with Crippen LogP contribution in [0.2, 0.25) is 0 Å². The third kappa shape index (κ3) is 2.61. The van der Waals surface area contributed by atoms with Gasteiger partial charge in [0.1, 0.15) is 6.61 Å². The fraction of sp³-hybridized carbons (Fsp3) is 0.391. The SMILES string of the molecule is COc1cc2c3c4c(c(COC(C)=O)c5c3n(c2cc1OC)C(=O)CC5)CNCC4. The molecule has 30 heavy (non-hydrogen) atoms. The van der Waals surface area contributed by atoms with E-state index in [2.05, 4.69) is 5.32 Å². The number of carbonyl (C=O) groups is 2. The van der Waals surface area contributed by atoms with Crippen LogP contribution in [-0.4, -0.2) is 37.2 Å². The Bertz CT molecular complexity index is 1220. The molecule has 3 heterocycles. The van der Waals surface area contributed by atoms with Crippen LogP contribution in [0.15, 0.2) is 12.1 Å². The standard InChI is InChI=1S/C23H24N2O5/c1-12(26)30-11-17-14-4-5-21(27)25-18-9-20(29-3)19(28-2)8-15(18)22(23(14)25)13-6-7-24-10-16(13)17/h8-9,24H,4-7,10-11H2,1-3H3. The number of rotatable bonds is 4. The van der Waals surface area contributed by atoms with Gasteiger partial charge in [0, 0.05) is 36.7 Å². The van der Waals surface area contributed by atoms with E-state index in [-0.39, 0.29) is 18.5 Å². The third-order valence-electron chi connectivity index (χ3n) is 6.26. The maximum Gasteiger partial charge on any atom is 0.302 e. The minimum atomic E-state index is -0.304. The van der Waals surface area contributed by atoms with E-state index < -0.39 is 0 Å². The van der Waals surface area contributed by atoms with Crippen molar-refractivity contribution in [2.75, 3.05) is 20.8 Å². The summed E-state index contributed by atoms with van der Waals surface area (Å²) in [4.78, 5) is 24.6. The zero-order valence-electron chi connectivity index (χ0n) is 17.4. The molecule has 0 bridgehead atoms. The number of carbonyl (C=O) groups excluding carboxylic acids is 2. The van der Waals surface area contributed by atoms with E-state index in [1.54, 1.807) is 14.2 Å². The lowest BCUT2D eigenvalue weighted by molar-refractivity contribution is -0.142. The maximum atomic E-state index is 13.0. The van der Waals surface area contributed by atoms with E-state index in [9.17, 15) is 9.59 Å². The van der Waals surface area contributed by atoms with Crippen LogP contribution in [0, 0.1) is 0 Å². The van der Waals surface area contributed by atoms with Crippen molar-refractivity contribution in [1.82, 2.24) is 9.88 Å². The van der Waals surface area contributed by atoms with Crippen molar-refractivity contribution in [2.24, 2.45) is 0 Å². The van der Waals surface area contributed by atoms with Gasteiger partial charge < -0.3 is 19.5 Å². The van der Waals surface area contributed by atoms with Gasteiger partial charge in [0.2, 0.25) is 5.91 Å². The highest BCUT2D eigenvalue weighted by Crippen LogP contribution is 2.45. The Morgan fingerprint density at radius 1 is 1.07 bits per heavy atom. The van der Waals surface area contributed by atoms with Crippen molar-refractivity contribution >= 4 is 33.7 Å². The molecule has 2 aliphatic heterocycles. The predicted molar refractivity (Wildman–Crippen MR) is 112 cm³/mol. The van der Waals surface area contributed by atoms with Crippen LogP contribution in [0.3, 0.4) is 0 Å². The van der Waals surface area contributed by atoms with Gasteiger partial charge in [-0.1, -0.05) is 0 Å². The molecule has 0 saturated carbocycles. The Morgan fingerprint density at radius 3 is 2.57 bits per heavy atom. The second kappa shape index (κ2) is 7.02. The molecule has 0 atom stereocenters. The summed E-state index contributed by atoms with van der Waals surface area (Å²) in [5.74, 6) is 1.01. The quantitative estimate of drug-likeness (QED) is 0.669. The van der Waals surface area contributed by atoms with Gasteiger partial charge in [-0.25, -0.2) is 0 Å². The summed E-state index contributed by atoms with van der Waals surface area (Å²) < 4.78 is 18.3. The lowest BCUT2D eigenvalue weighted by atomic mass is 9.85. The molecule has 0 radical (unpaired) electrons. The summed E-state index contributed by atoms with van der Waals surface area (Å²) in [6.45, 7) is 3.24. The van der Waals surface area contributed by atoms with Crippen LogP contribution in [-0.2, 0) is 35.5 Å². The third-order valence-corrected chi connectivity index (χ3v) is 6.26. The molecule has 2 aliphatic rings. The fourth-order valence-corrected chi connectivity index (χ4v) is 5.00. The first-order chi connectivity index (χ1) is 14.5. The Kier molecular flexibility index (Phi) is 4.43. The second-order valence-corrected chi connectivity index (χ2v) is 7.80. The minimum Gasteiger partial charge on any atom is -0.493 e. The molecule has 3 aromatic rings. The predicted octanol–water partition coefficient (Wildman–Crippen LogP) is 3.11. The molecule has 0 unspecified atom stereocenters. The molecule has 0 saturated heterocycles. The smallest absolute Gasteiger partial charge is 0.302 e. The Labute approximate surface area is 173 Å². The van der Waals surface area contributed by atoms with E-state index in [0.29, 0.717) is 24.3 Å². The van der Waals surface area contributed by atoms with Crippen LogP contribution < -0.4 is 14.8 Å². The number of esters is 1. The number of methoxy groups -OCH3 is 2. The van der Waals surface area contributed by atoms with Crippen molar-refractivity contribution < 1.29 is 23.8 Å². The summed E-state index contributed by atoms with van der Waals surface area (Å²) in [7, 11) is 3.22. The van der Waals surface area contributed by atoms with E-state index in [4.69, 9.17) is 14.2 Å². The van der Waals surface area contributed by atoms with Crippen LogP contribution >= 0.6 is 0 Å². The Balaban J connectivity index is 1.94. The van der Waals surface area contributed by atoms with Crippen LogP contribution in [0.5, 0.6) is 11.5 Å². The average Bonchev–Trinajstić information content (AvgIpc) is 3.09. The first-order valence-corrected chi connectivity index (χ1v) is 10.2. The lowest BCUT2D eigenvalue weighted by Gasteiger charge is -2.27. The summed E-state index contributed by atoms with van der Waals surface area (Å²) in [5, 5.41) is 5.55. The second-order valence-electron chi connectivity index (χ2n) is 7.80. The molecule has 0 aliphatic carbocycles. The molecule has 0 spiro atoms. The van der Waals surface area contributed by atoms with Crippen molar-refractivity contribution in [3.63, 3.8) is 0 Å². The van der Waals surface area contributed by atoms with Crippen molar-refractivity contribution in [1.29, 1.82) is 0 Å². The van der Waals surface area contributed by atoms with Gasteiger partial charge in [-0.2, -0.15) is 0 Å². The molecule has 5 rings (SSSR count). The van der Waals surface area contributed by atoms with Gasteiger partial charge in [-0.15, -0.1) is 0 Å². The molecular weight excluding hydrogens is 384 g/mol. The number of fused-ring (bicyclic) bond motifs is 5. The molecule has 7 heteroatoms. The maximum absolute atomic E-state index is 13.0. The van der Waals surface area contributed by atoms with Gasteiger partial charge in [-0.05, 0) is 47.7 Å². The van der Waals surface area contributed by atoms with Gasteiger partial charge in [0.05, 0.1) is 25.3 Å². The highest BCUT2D eigenvalue weighted by molar-refractivity contribution is 6.18. The molecular formula is C23H24N2O5. The number of benzene rings is 2. The summed E-state index contributed by atoms with van der Waals surface area (Å²) in [6.07, 6.45) is 1.91. The number of hydrogen-bond acceptors (Lipinski definition) is 6. The number of nitrogens with one attached hydrogen (secondary N) is 1. The van der Waals surface area contributed by atoms with E-state index >= 15 is 0 Å². The average molecular weight is 408 g/mol. The van der Waals surface area contributed by atoms with E-state index in [1.807, 2.05) is 16.7 Å². The first kappa shape index (κ1) is 18.9. The zero-order chi connectivity index (χ0) is 21.0. The highest BCUT2D eigenvalue weighted by Gasteiger charge is 2.31. The number of hydrogen-bond donors (Lipinski definition) is 1. The summed E-state index contributed by atoms with van der Waals surface area (Å²) in [6, 6.07) is 3.86. The monoisotopic (exact) mass is 408 g/mol. The van der Waals surface area contributed by atoms with Crippen LogP contribution in [0.25, 0.3) is 21.8 Å². The molecule has 156 valence electrons. The lowest BCUT2D eigenvalue weighted by Crippen LogP contribution is -2.27. The van der Waals surface area contributed by atoms with E-state index in [1.165, 1.54) is 18.1 Å². The Morgan fingerprint density at radius 2 is 1.83 bits per heavy atom. The molecule has 2 aromatic carbocycles. The number of ether oxygens (including phenoxy) is 3. The molecule has 0 fully saturated rings. The fourth-order valence-electron chi connectivity index (χ4n) is 5.00. The van der Waals surface area contributed by atoms with E-state index in [0.717, 1.165) is 52.4 Å². The normalized spacial score (nSPS) is 15.4. The van der Waals surface area contributed by atoms with Crippen molar-refractivity contribution in [3.8, 4) is 11.5 Å². The number of nitrogens with zero attached hydrogens (tertiary/aromatic N) is 1. The Hall–Kier alpha value is -3.06.